The number of likely N-dealkylation sites (tertiary alicyclic amines) is 1. The van der Waals surface area contributed by atoms with Crippen molar-refractivity contribution in [3.05, 3.63) is 36.3 Å². The largest absolute Gasteiger partial charge is 0.379 e. The van der Waals surface area contributed by atoms with Crippen LogP contribution in [0.1, 0.15) is 25.5 Å². The molecule has 1 aromatic rings. The van der Waals surface area contributed by atoms with Crippen LogP contribution in [0.25, 0.3) is 0 Å². The molecule has 0 aliphatic carbocycles. The zero-order valence-electron chi connectivity index (χ0n) is 20.6. The summed E-state index contributed by atoms with van der Waals surface area (Å²) in [6.07, 6.45) is 6.50. The molecule has 2 aliphatic heterocycles. The van der Waals surface area contributed by atoms with Gasteiger partial charge < -0.3 is 28.7 Å². The third kappa shape index (κ3) is 9.52. The highest BCUT2D eigenvalue weighted by atomic mass is 16.6. The summed E-state index contributed by atoms with van der Waals surface area (Å²) in [5.74, 6) is 0.688. The minimum absolute atomic E-state index is 0.0951. The molecule has 0 radical (unpaired) electrons. The number of amides is 2. The fourth-order valence-electron chi connectivity index (χ4n) is 3.75. The number of nitrogens with zero attached hydrogens (tertiary/aromatic N) is 5. The molecule has 0 unspecified atom stereocenters. The van der Waals surface area contributed by atoms with Crippen LogP contribution in [0.3, 0.4) is 0 Å². The van der Waals surface area contributed by atoms with Gasteiger partial charge in [0, 0.05) is 24.9 Å². The Balaban J connectivity index is 1.08. The molecule has 3 heterocycles. The van der Waals surface area contributed by atoms with E-state index >= 15 is 0 Å². The van der Waals surface area contributed by atoms with E-state index in [0.29, 0.717) is 89.7 Å². The second kappa shape index (κ2) is 14.7. The monoisotopic (exact) mass is 491 g/mol. The van der Waals surface area contributed by atoms with Gasteiger partial charge in [-0.05, 0) is 18.4 Å². The highest BCUT2D eigenvalue weighted by Gasteiger charge is 2.22. The average molecular weight is 492 g/mol. The predicted molar refractivity (Wildman–Crippen MR) is 127 cm³/mol. The van der Waals surface area contributed by atoms with Crippen molar-refractivity contribution in [2.24, 2.45) is 5.92 Å². The maximum absolute atomic E-state index is 12.0. The smallest absolute Gasteiger partial charge is 0.251 e. The first-order valence-electron chi connectivity index (χ1n) is 12.2. The standard InChI is InChI=1S/C24H37N5O6/c1-20-5-7-27(17-20)23(30)6-9-32-11-13-34-15-16-35-14-12-33-10-8-28-18-22(25-26-28)19-29-21(2)3-4-24(29)31/h3-4,18,20H,2,5-17,19H2,1H3/t20-/m1/s1. The Hall–Kier alpha value is -2.60. The van der Waals surface area contributed by atoms with Gasteiger partial charge in [-0.2, -0.15) is 0 Å². The molecule has 35 heavy (non-hydrogen) atoms. The molecular formula is C24H37N5O6. The Morgan fingerprint density at radius 1 is 1.03 bits per heavy atom. The van der Waals surface area contributed by atoms with Crippen molar-refractivity contribution < 1.29 is 28.5 Å². The highest BCUT2D eigenvalue weighted by molar-refractivity contribution is 5.92. The van der Waals surface area contributed by atoms with Gasteiger partial charge in [0.05, 0.1) is 78.6 Å². The third-order valence-electron chi connectivity index (χ3n) is 5.75. The lowest BCUT2D eigenvalue weighted by molar-refractivity contribution is -0.131. The number of carbonyl (C=O) groups is 2. The van der Waals surface area contributed by atoms with Crippen LogP contribution in [0, 0.1) is 5.92 Å². The molecule has 0 aromatic carbocycles. The Morgan fingerprint density at radius 2 is 1.69 bits per heavy atom. The molecule has 1 atom stereocenters. The molecule has 2 amide bonds. The van der Waals surface area contributed by atoms with Crippen molar-refractivity contribution in [1.82, 2.24) is 24.8 Å². The lowest BCUT2D eigenvalue weighted by Crippen LogP contribution is -2.29. The van der Waals surface area contributed by atoms with Crippen LogP contribution in [0.2, 0.25) is 0 Å². The van der Waals surface area contributed by atoms with E-state index in [1.54, 1.807) is 21.9 Å². The summed E-state index contributed by atoms with van der Waals surface area (Å²) in [5, 5.41) is 8.14. The second-order valence-electron chi connectivity index (χ2n) is 8.66. The first-order valence-corrected chi connectivity index (χ1v) is 12.2. The lowest BCUT2D eigenvalue weighted by atomic mass is 10.2. The van der Waals surface area contributed by atoms with E-state index in [0.717, 1.165) is 19.5 Å². The molecule has 0 bridgehead atoms. The van der Waals surface area contributed by atoms with Gasteiger partial charge in [0.25, 0.3) is 5.91 Å². The van der Waals surface area contributed by atoms with Crippen LogP contribution in [0.4, 0.5) is 0 Å². The zero-order chi connectivity index (χ0) is 24.9. The summed E-state index contributed by atoms with van der Waals surface area (Å²) >= 11 is 0. The number of hydrogen-bond donors (Lipinski definition) is 0. The van der Waals surface area contributed by atoms with E-state index in [1.807, 2.05) is 4.90 Å². The fraction of sp³-hybridized carbons (Fsp3) is 0.667. The van der Waals surface area contributed by atoms with Gasteiger partial charge in [0.1, 0.15) is 5.69 Å². The number of rotatable bonds is 17. The predicted octanol–water partition coefficient (Wildman–Crippen LogP) is 1.02. The Kier molecular flexibility index (Phi) is 11.4. The molecule has 194 valence electrons. The fourth-order valence-corrected chi connectivity index (χ4v) is 3.75. The summed E-state index contributed by atoms with van der Waals surface area (Å²) in [7, 11) is 0. The van der Waals surface area contributed by atoms with E-state index in [-0.39, 0.29) is 11.8 Å². The lowest BCUT2D eigenvalue weighted by Gasteiger charge is -2.15. The molecule has 0 N–H and O–H groups in total. The van der Waals surface area contributed by atoms with Crippen molar-refractivity contribution in [1.29, 1.82) is 0 Å². The molecule has 0 spiro atoms. The summed E-state index contributed by atoms with van der Waals surface area (Å²) in [6.45, 7) is 12.4. The SMILES string of the molecule is C=C1C=CC(=O)N1Cc1cn(CCOCCOCCOCCOCCC(=O)N2CC[C@@H](C)C2)nn1. The van der Waals surface area contributed by atoms with Crippen molar-refractivity contribution in [2.75, 3.05) is 65.9 Å². The third-order valence-corrected chi connectivity index (χ3v) is 5.75. The summed E-state index contributed by atoms with van der Waals surface area (Å²) in [5.41, 5.74) is 1.35. The van der Waals surface area contributed by atoms with E-state index < -0.39 is 0 Å². The second-order valence-corrected chi connectivity index (χ2v) is 8.66. The Morgan fingerprint density at radius 3 is 2.29 bits per heavy atom. The maximum atomic E-state index is 12.0. The molecule has 1 aromatic heterocycles. The minimum atomic E-state index is -0.0951. The molecule has 1 saturated heterocycles. The van der Waals surface area contributed by atoms with Crippen LogP contribution in [-0.2, 0) is 41.6 Å². The number of aromatic nitrogens is 3. The highest BCUT2D eigenvalue weighted by Crippen LogP contribution is 2.16. The molecule has 11 nitrogen and oxygen atoms in total. The van der Waals surface area contributed by atoms with Crippen molar-refractivity contribution in [3.63, 3.8) is 0 Å². The van der Waals surface area contributed by atoms with Crippen molar-refractivity contribution in [2.45, 2.75) is 32.9 Å². The average Bonchev–Trinajstić information content (AvgIpc) is 3.56. The van der Waals surface area contributed by atoms with Gasteiger partial charge in [-0.15, -0.1) is 5.10 Å². The zero-order valence-corrected chi connectivity index (χ0v) is 20.6. The number of ether oxygens (including phenoxy) is 4. The quantitative estimate of drug-likeness (QED) is 0.297. The normalized spacial score (nSPS) is 17.8. The van der Waals surface area contributed by atoms with Gasteiger partial charge in [0.2, 0.25) is 5.91 Å². The van der Waals surface area contributed by atoms with E-state index in [4.69, 9.17) is 18.9 Å². The van der Waals surface area contributed by atoms with E-state index in [9.17, 15) is 9.59 Å². The van der Waals surface area contributed by atoms with Gasteiger partial charge in [-0.1, -0.05) is 18.7 Å². The van der Waals surface area contributed by atoms with Gasteiger partial charge in [-0.3, -0.25) is 9.59 Å². The molecule has 2 aliphatic rings. The first kappa shape index (κ1) is 27.0. The molecule has 11 heteroatoms. The van der Waals surface area contributed by atoms with E-state index in [1.165, 1.54) is 6.08 Å². The van der Waals surface area contributed by atoms with Crippen LogP contribution < -0.4 is 0 Å². The van der Waals surface area contributed by atoms with Gasteiger partial charge in [0.15, 0.2) is 0 Å². The maximum Gasteiger partial charge on any atom is 0.251 e. The van der Waals surface area contributed by atoms with Crippen molar-refractivity contribution in [3.8, 4) is 0 Å². The molecule has 3 rings (SSSR count). The van der Waals surface area contributed by atoms with Gasteiger partial charge >= 0.3 is 0 Å². The summed E-state index contributed by atoms with van der Waals surface area (Å²) in [6, 6.07) is 0. The molecule has 0 saturated carbocycles. The number of carbonyl (C=O) groups excluding carboxylic acids is 2. The van der Waals surface area contributed by atoms with Crippen molar-refractivity contribution >= 4 is 11.8 Å². The minimum Gasteiger partial charge on any atom is -0.379 e. The number of allylic oxidation sites excluding steroid dienone is 1. The molecule has 1 fully saturated rings. The van der Waals surface area contributed by atoms with Crippen LogP contribution >= 0.6 is 0 Å². The van der Waals surface area contributed by atoms with E-state index in [2.05, 4.69) is 23.8 Å². The first-order chi connectivity index (χ1) is 17.0. The Labute approximate surface area is 206 Å². The Bertz CT molecular complexity index is 839. The number of hydrogen-bond acceptors (Lipinski definition) is 8. The summed E-state index contributed by atoms with van der Waals surface area (Å²) < 4.78 is 23.7. The summed E-state index contributed by atoms with van der Waals surface area (Å²) in [4.78, 5) is 27.2. The van der Waals surface area contributed by atoms with Crippen LogP contribution in [0.15, 0.2) is 30.6 Å². The molecular weight excluding hydrogens is 454 g/mol. The van der Waals surface area contributed by atoms with Gasteiger partial charge in [-0.25, -0.2) is 4.68 Å². The van der Waals surface area contributed by atoms with Crippen LogP contribution in [0.5, 0.6) is 0 Å². The topological polar surface area (TPSA) is 108 Å². The van der Waals surface area contributed by atoms with Crippen LogP contribution in [-0.4, -0.2) is 103 Å².